The largest absolute Gasteiger partial charge is 0.508 e. The van der Waals surface area contributed by atoms with Gasteiger partial charge in [-0.2, -0.15) is 25.3 Å². The van der Waals surface area contributed by atoms with Gasteiger partial charge in [-0.3, -0.25) is 57.5 Å². The van der Waals surface area contributed by atoms with Crippen molar-refractivity contribution in [2.75, 3.05) is 37.7 Å². The van der Waals surface area contributed by atoms with E-state index in [-0.39, 0.29) is 107 Å². The average Bonchev–Trinajstić information content (AvgIpc) is 1.63. The minimum Gasteiger partial charge on any atom is -0.508 e. The maximum Gasteiger partial charge on any atom is 0.245 e. The maximum atomic E-state index is 15.2. The van der Waals surface area contributed by atoms with Crippen molar-refractivity contribution >= 4 is 107 Å². The molecule has 4 aromatic carbocycles. The van der Waals surface area contributed by atoms with Crippen molar-refractivity contribution in [2.45, 2.75) is 201 Å². The molecule has 0 aliphatic carbocycles. The summed E-state index contributed by atoms with van der Waals surface area (Å²) < 4.78 is 0. The van der Waals surface area contributed by atoms with Crippen molar-refractivity contribution in [1.82, 2.24) is 63.5 Å². The Kier molecular flexibility index (Phi) is 40.4. The van der Waals surface area contributed by atoms with Gasteiger partial charge in [0.05, 0.1) is 18.2 Å². The molecule has 0 radical (unpaired) electrons. The second-order valence-electron chi connectivity index (χ2n) is 27.5. The lowest BCUT2D eigenvalue weighted by Gasteiger charge is -2.29. The van der Waals surface area contributed by atoms with E-state index in [2.05, 4.69) is 88.7 Å². The summed E-state index contributed by atoms with van der Waals surface area (Å²) in [5.41, 5.74) is 37.6. The molecule has 0 spiro atoms. The highest BCUT2D eigenvalue weighted by atomic mass is 32.1. The van der Waals surface area contributed by atoms with Crippen molar-refractivity contribution in [3.05, 3.63) is 132 Å². The fraction of sp³-hybridized carbons (Fsp3) is 0.500. The Bertz CT molecular complexity index is 3860. The number of aromatic nitrogens is 1. The highest BCUT2D eigenvalue weighted by Crippen LogP contribution is 2.21. The molecule has 5 aromatic rings. The summed E-state index contributed by atoms with van der Waals surface area (Å²) in [5.74, 6) is -11.9. The number of aliphatic hydroxyl groups excluding tert-OH is 2. The Labute approximate surface area is 661 Å². The number of primary amides is 1. The van der Waals surface area contributed by atoms with E-state index in [4.69, 9.17) is 34.4 Å². The number of carbonyl (C=O) groups excluding carboxylic acids is 12. The number of hydrogen-bond donors (Lipinski definition) is 24. The van der Waals surface area contributed by atoms with E-state index in [0.29, 0.717) is 78.2 Å². The number of aliphatic hydroxyl groups is 2. The zero-order valence-corrected chi connectivity index (χ0v) is 64.9. The summed E-state index contributed by atoms with van der Waals surface area (Å²) in [5, 5.41) is 70.8. The number of fused-ring (bicyclic) bond motifs is 1. The Morgan fingerprint density at radius 2 is 0.679 bits per heavy atom. The van der Waals surface area contributed by atoms with Gasteiger partial charge in [-0.15, -0.1) is 0 Å². The van der Waals surface area contributed by atoms with Crippen LogP contribution in [-0.2, 0) is 83.2 Å². The summed E-state index contributed by atoms with van der Waals surface area (Å²) in [6, 6.07) is 9.78. The van der Waals surface area contributed by atoms with Crippen LogP contribution in [0.25, 0.3) is 10.9 Å². The third-order valence-electron chi connectivity index (χ3n) is 18.5. The predicted molar refractivity (Wildman–Crippen MR) is 427 cm³/mol. The topological polar surface area (TPSA) is 590 Å². The van der Waals surface area contributed by atoms with Crippen LogP contribution in [0.2, 0.25) is 0 Å². The van der Waals surface area contributed by atoms with Crippen molar-refractivity contribution < 1.29 is 78.0 Å². The third-order valence-corrected chi connectivity index (χ3v) is 19.2. The van der Waals surface area contributed by atoms with Gasteiger partial charge in [-0.25, -0.2) is 0 Å². The zero-order valence-electron chi connectivity index (χ0n) is 63.1. The molecule has 0 aliphatic heterocycles. The SMILES string of the molecule is C[C@@H](O)[C@H](NC(=O)[C@H](CS)NC(=O)[C@@H](NC(=O)[C@H](CCCCN)NC(=O)[C@@H](Cc1c[nH]c2ccccc12)NC(=O)[C@H](Cc1ccccc1)NC(=O)[C@H](CS)NC(=O)[C@@H](CCCCN)NC(=O)[C@@H](Cc1ccc(O)cc1)NC(=O)[C@H](CCCCN)NC(=O)[C@@H](Cc1ccc(O)cc1)NC(=O)[C@H](N)CCCCN)[C@@H](C)O)C(N)=O. The van der Waals surface area contributed by atoms with Gasteiger partial charge in [0.25, 0.3) is 0 Å². The summed E-state index contributed by atoms with van der Waals surface area (Å²) in [7, 11) is 0. The Morgan fingerprint density at radius 3 is 1.08 bits per heavy atom. The van der Waals surface area contributed by atoms with Gasteiger partial charge in [0.2, 0.25) is 70.9 Å². The summed E-state index contributed by atoms with van der Waals surface area (Å²) >= 11 is 8.60. The second-order valence-corrected chi connectivity index (χ2v) is 28.2. The monoisotopic (exact) mass is 1600 g/mol. The molecule has 28 N–H and O–H groups in total. The first-order valence-electron chi connectivity index (χ1n) is 37.5. The first-order chi connectivity index (χ1) is 53.5. The van der Waals surface area contributed by atoms with Gasteiger partial charge in [-0.05, 0) is 163 Å². The number of phenols is 2. The molecule has 36 heteroatoms. The van der Waals surface area contributed by atoms with E-state index < -0.39 is 156 Å². The van der Waals surface area contributed by atoms with Crippen LogP contribution < -0.4 is 92.9 Å². The number of nitrogens with two attached hydrogens (primary N) is 6. The number of nitrogens with one attached hydrogen (secondary N) is 12. The van der Waals surface area contributed by atoms with Gasteiger partial charge in [0.1, 0.15) is 78.0 Å². The number of H-pyrrole nitrogens is 1. The third kappa shape index (κ3) is 31.0. The minimum absolute atomic E-state index is 0.00311. The van der Waals surface area contributed by atoms with Gasteiger partial charge >= 0.3 is 0 Å². The van der Waals surface area contributed by atoms with Crippen LogP contribution in [-0.4, -0.2) is 219 Å². The quantitative estimate of drug-likeness (QED) is 0.0137. The normalized spacial score (nSPS) is 15.0. The summed E-state index contributed by atoms with van der Waals surface area (Å²) in [6.07, 6.45) is 1.05. The van der Waals surface area contributed by atoms with Gasteiger partial charge in [0.15, 0.2) is 0 Å². The molecule has 0 aliphatic rings. The van der Waals surface area contributed by atoms with Crippen LogP contribution in [0.5, 0.6) is 11.5 Å². The van der Waals surface area contributed by atoms with Gasteiger partial charge < -0.3 is 118 Å². The number of para-hydroxylation sites is 1. The van der Waals surface area contributed by atoms with E-state index in [9.17, 15) is 68.4 Å². The Morgan fingerprint density at radius 1 is 0.366 bits per heavy atom. The first kappa shape index (κ1) is 92.7. The minimum atomic E-state index is -1.78. The number of thiol groups is 2. The molecule has 14 atom stereocenters. The molecule has 34 nitrogen and oxygen atoms in total. The first-order valence-corrected chi connectivity index (χ1v) is 38.7. The van der Waals surface area contributed by atoms with E-state index in [0.717, 1.165) is 0 Å². The Hall–Kier alpha value is -9.92. The van der Waals surface area contributed by atoms with Crippen molar-refractivity contribution in [2.24, 2.45) is 34.4 Å². The number of rotatable bonds is 51. The molecule has 1 heterocycles. The molecule has 12 amide bonds. The molecule has 0 fully saturated rings. The van der Waals surface area contributed by atoms with E-state index in [1.165, 1.54) is 50.2 Å². The molecule has 0 bridgehead atoms. The van der Waals surface area contributed by atoms with Crippen LogP contribution in [0, 0.1) is 0 Å². The molecule has 5 rings (SSSR count). The number of amides is 12. The lowest BCUT2D eigenvalue weighted by molar-refractivity contribution is -0.137. The number of carbonyl (C=O) groups is 12. The van der Waals surface area contributed by atoms with Crippen molar-refractivity contribution in [3.63, 3.8) is 0 Å². The van der Waals surface area contributed by atoms with Crippen LogP contribution in [0.15, 0.2) is 109 Å². The second kappa shape index (κ2) is 48.8. The van der Waals surface area contributed by atoms with Gasteiger partial charge in [-0.1, -0.05) is 79.2 Å². The smallest absolute Gasteiger partial charge is 0.245 e. The molecular weight excluding hydrogens is 1490 g/mol. The number of benzene rings is 4. The van der Waals surface area contributed by atoms with Crippen LogP contribution >= 0.6 is 25.3 Å². The standard InChI is InChI=1S/C76H112N18O16S2/c1-43(95)63(65(82)99)93-75(109)62(42-112)92-76(110)64(44(2)96)94-69(103)56(23-11-15-35-80)86-73(107)60(39-48-40-83-53-20-7-6-18-51(48)53)90-72(106)58(36-45-16-4-3-5-17-45)89-74(108)61(41-111)91-68(102)55(22-10-14-34-79)85-71(105)59(38-47-26-30-50(98)31-27-47)88-67(101)54(21-9-13-33-78)84-70(104)57(37-46-24-28-49(97)29-25-46)87-66(100)52(81)19-8-12-32-77/h3-7,16-18,20,24-31,40,43-44,52,54-64,83,95-98,111-112H,8-15,19,21-23,32-39,41-42,77-81H2,1-2H3,(H2,82,99)(H,84,104)(H,85,105)(H,86,107)(H,87,100)(H,88,101)(H,89,108)(H,90,106)(H,91,102)(H,92,110)(H,93,109)(H,94,103)/t43-,44-,52-,54+,55-,56+,57-,58+,59-,60-,61+,62+,63+,64+/m1/s1. The fourth-order valence-electron chi connectivity index (χ4n) is 12.0. The molecule has 0 saturated heterocycles. The van der Waals surface area contributed by atoms with Crippen molar-refractivity contribution in [3.8, 4) is 11.5 Å². The fourth-order valence-corrected chi connectivity index (χ4v) is 12.6. The molecule has 0 saturated carbocycles. The lowest BCUT2D eigenvalue weighted by Crippen LogP contribution is -2.62. The number of aromatic amines is 1. The molecule has 1 aromatic heterocycles. The van der Waals surface area contributed by atoms with E-state index >= 15 is 9.59 Å². The zero-order chi connectivity index (χ0) is 82.4. The lowest BCUT2D eigenvalue weighted by atomic mass is 10.0. The van der Waals surface area contributed by atoms with Crippen LogP contribution in [0.3, 0.4) is 0 Å². The summed E-state index contributed by atoms with van der Waals surface area (Å²) in [4.78, 5) is 174. The molecule has 112 heavy (non-hydrogen) atoms. The highest BCUT2D eigenvalue weighted by molar-refractivity contribution is 7.80. The number of hydrogen-bond acceptors (Lipinski definition) is 23. The number of aromatic hydroxyl groups is 2. The van der Waals surface area contributed by atoms with Crippen LogP contribution in [0.1, 0.15) is 113 Å². The average molecular weight is 1600 g/mol. The van der Waals surface area contributed by atoms with Crippen LogP contribution in [0.4, 0.5) is 0 Å². The summed E-state index contributed by atoms with van der Waals surface area (Å²) in [6.45, 7) is 3.35. The number of phenolic OH excluding ortho intramolecular Hbond substituents is 2. The van der Waals surface area contributed by atoms with Gasteiger partial charge in [0, 0.05) is 54.3 Å². The Balaban J connectivity index is 1.44. The molecule has 0 unspecified atom stereocenters. The molecular formula is C76H112N18O16S2. The van der Waals surface area contributed by atoms with E-state index in [1.807, 2.05) is 0 Å². The predicted octanol–water partition coefficient (Wildman–Crippen LogP) is -2.87. The number of unbranched alkanes of at least 4 members (excludes halogenated alkanes) is 4. The van der Waals surface area contributed by atoms with Crippen molar-refractivity contribution in [1.29, 1.82) is 0 Å². The van der Waals surface area contributed by atoms with E-state index in [1.54, 1.807) is 72.9 Å². The highest BCUT2D eigenvalue weighted by Gasteiger charge is 2.38. The molecule has 614 valence electrons. The maximum absolute atomic E-state index is 15.2.